The highest BCUT2D eigenvalue weighted by Crippen LogP contribution is 2.21. The molecule has 0 aliphatic rings. The Balaban J connectivity index is 2.98. The van der Waals surface area contributed by atoms with Crippen molar-refractivity contribution in [1.82, 2.24) is 0 Å². The molecular weight excluding hydrogens is 382 g/mol. The van der Waals surface area contributed by atoms with Crippen molar-refractivity contribution in [2.45, 2.75) is 77.4 Å². The van der Waals surface area contributed by atoms with E-state index in [1.54, 1.807) is 6.08 Å². The van der Waals surface area contributed by atoms with Gasteiger partial charge in [-0.05, 0) is 36.8 Å². The number of unbranched alkanes of at least 4 members (excludes halogenated alkanes) is 3. The molecule has 0 saturated carbocycles. The van der Waals surface area contributed by atoms with Crippen LogP contribution in [0, 0.1) is 0 Å². The van der Waals surface area contributed by atoms with Crippen molar-refractivity contribution in [2.75, 3.05) is 26.2 Å². The van der Waals surface area contributed by atoms with Crippen LogP contribution in [0.2, 0.25) is 0 Å². The van der Waals surface area contributed by atoms with E-state index in [-0.39, 0.29) is 0 Å². The molecule has 0 aliphatic heterocycles. The van der Waals surface area contributed by atoms with Crippen LogP contribution >= 0.6 is 0 Å². The zero-order valence-corrected chi connectivity index (χ0v) is 19.6. The van der Waals surface area contributed by atoms with Crippen LogP contribution in [0.25, 0.3) is 6.08 Å². The molecule has 1 rings (SSSR count). The lowest BCUT2D eigenvalue weighted by molar-refractivity contribution is -0.929. The van der Waals surface area contributed by atoms with Gasteiger partial charge in [-0.3, -0.25) is 4.55 Å². The lowest BCUT2D eigenvalue weighted by Gasteiger charge is -2.40. The Morgan fingerprint density at radius 2 is 1.41 bits per heavy atom. The Labute approximate surface area is 179 Å². The normalized spacial score (nSPS) is 13.4. The second kappa shape index (κ2) is 13.2. The largest absolute Gasteiger partial charge is 0.324 e. The topological polar surface area (TPSA) is 54.4 Å². The van der Waals surface area contributed by atoms with Crippen LogP contribution in [0.3, 0.4) is 0 Å². The highest BCUT2D eigenvalue weighted by molar-refractivity contribution is 7.86. The van der Waals surface area contributed by atoms with Gasteiger partial charge in [0.15, 0.2) is 0 Å². The van der Waals surface area contributed by atoms with E-state index in [1.165, 1.54) is 0 Å². The summed E-state index contributed by atoms with van der Waals surface area (Å²) in [6.45, 7) is 14.5. The van der Waals surface area contributed by atoms with E-state index in [1.807, 2.05) is 24.3 Å². The number of quaternary nitrogens is 1. The smallest absolute Gasteiger partial charge is 0.268 e. The number of nitrogens with zero attached hydrogens (tertiary/aromatic N) is 1. The third-order valence-corrected chi connectivity index (χ3v) is 7.23. The predicted octanol–water partition coefficient (Wildman–Crippen LogP) is 5.74. The molecule has 1 unspecified atom stereocenters. The molecule has 0 heterocycles. The van der Waals surface area contributed by atoms with Crippen molar-refractivity contribution in [1.29, 1.82) is 0 Å². The first-order chi connectivity index (χ1) is 13.8. The van der Waals surface area contributed by atoms with Gasteiger partial charge in [-0.25, -0.2) is 0 Å². The second-order valence-electron chi connectivity index (χ2n) is 8.37. The first kappa shape index (κ1) is 25.9. The minimum absolute atomic E-state index is 0.353. The van der Waals surface area contributed by atoms with Gasteiger partial charge in [0.2, 0.25) is 0 Å². The third-order valence-electron chi connectivity index (χ3n) is 5.98. The van der Waals surface area contributed by atoms with Crippen LogP contribution < -0.4 is 0 Å². The van der Waals surface area contributed by atoms with Gasteiger partial charge in [0, 0.05) is 6.42 Å². The summed E-state index contributed by atoms with van der Waals surface area (Å²) >= 11 is 0. The molecule has 1 aromatic carbocycles. The summed E-state index contributed by atoms with van der Waals surface area (Å²) in [6.07, 6.45) is 9.55. The molecule has 0 bridgehead atoms. The summed E-state index contributed by atoms with van der Waals surface area (Å²) < 4.78 is 35.2. The van der Waals surface area contributed by atoms with Crippen molar-refractivity contribution in [2.24, 2.45) is 0 Å². The number of benzene rings is 1. The summed E-state index contributed by atoms with van der Waals surface area (Å²) in [7, 11) is -4.09. The van der Waals surface area contributed by atoms with Crippen molar-refractivity contribution < 1.29 is 17.5 Å². The van der Waals surface area contributed by atoms with E-state index in [9.17, 15) is 13.0 Å². The van der Waals surface area contributed by atoms with Gasteiger partial charge in [0.1, 0.15) is 0 Å². The minimum Gasteiger partial charge on any atom is -0.324 e. The molecule has 0 aliphatic carbocycles. The van der Waals surface area contributed by atoms with E-state index >= 15 is 0 Å². The standard InChI is InChI=1S/C24H41NO3S/c1-5-9-17-25(18-10-6-2,19-11-7-3)20-16-24(29(26,27)28)21-23-14-12-22(8-4)13-15-23/h8,12-15,24H,4-7,9-11,16-21H2,1-3H3/p+1. The molecule has 0 saturated heterocycles. The van der Waals surface area contributed by atoms with Gasteiger partial charge in [-0.2, -0.15) is 8.42 Å². The summed E-state index contributed by atoms with van der Waals surface area (Å²) in [5.41, 5.74) is 1.94. The van der Waals surface area contributed by atoms with Crippen molar-refractivity contribution in [3.05, 3.63) is 42.0 Å². The predicted molar refractivity (Wildman–Crippen MR) is 125 cm³/mol. The Morgan fingerprint density at radius 3 is 1.79 bits per heavy atom. The van der Waals surface area contributed by atoms with Crippen LogP contribution in [-0.2, 0) is 16.5 Å². The van der Waals surface area contributed by atoms with Crippen molar-refractivity contribution in [3.63, 3.8) is 0 Å². The molecule has 0 fully saturated rings. The van der Waals surface area contributed by atoms with Gasteiger partial charge in [-0.1, -0.05) is 77.0 Å². The maximum atomic E-state index is 12.2. The zero-order valence-electron chi connectivity index (χ0n) is 18.8. The molecule has 0 amide bonds. The SMILES string of the molecule is C=Cc1ccc(CC(CC[N+](CCCC)(CCCC)CCCC)S(=O)(=O)O)cc1. The average molecular weight is 425 g/mol. The van der Waals surface area contributed by atoms with Crippen LogP contribution in [0.5, 0.6) is 0 Å². The lowest BCUT2D eigenvalue weighted by Crippen LogP contribution is -2.52. The van der Waals surface area contributed by atoms with Crippen molar-refractivity contribution in [3.8, 4) is 0 Å². The van der Waals surface area contributed by atoms with Crippen LogP contribution in [0.4, 0.5) is 0 Å². The van der Waals surface area contributed by atoms with E-state index in [0.717, 1.165) is 80.3 Å². The second-order valence-corrected chi connectivity index (χ2v) is 10.1. The summed E-state index contributed by atoms with van der Waals surface area (Å²) in [4.78, 5) is 0. The third kappa shape index (κ3) is 9.45. The summed E-state index contributed by atoms with van der Waals surface area (Å²) in [5.74, 6) is 0. The fourth-order valence-electron chi connectivity index (χ4n) is 3.98. The molecule has 166 valence electrons. The lowest BCUT2D eigenvalue weighted by atomic mass is 10.0. The average Bonchev–Trinajstić information content (AvgIpc) is 2.71. The monoisotopic (exact) mass is 424 g/mol. The molecule has 0 spiro atoms. The summed E-state index contributed by atoms with van der Waals surface area (Å²) in [5, 5.41) is -0.750. The molecule has 1 aromatic rings. The van der Waals surface area contributed by atoms with Gasteiger partial charge in [0.05, 0.1) is 31.4 Å². The zero-order chi connectivity index (χ0) is 21.8. The Hall–Kier alpha value is -1.17. The Bertz CT molecular complexity index is 661. The highest BCUT2D eigenvalue weighted by atomic mass is 32.2. The first-order valence-electron chi connectivity index (χ1n) is 11.3. The van der Waals surface area contributed by atoms with E-state index in [4.69, 9.17) is 0 Å². The molecule has 29 heavy (non-hydrogen) atoms. The van der Waals surface area contributed by atoms with Gasteiger partial charge < -0.3 is 4.48 Å². The quantitative estimate of drug-likeness (QED) is 0.272. The first-order valence-corrected chi connectivity index (χ1v) is 12.8. The fraction of sp³-hybridized carbons (Fsp3) is 0.667. The Kier molecular flexibility index (Phi) is 11.8. The molecule has 1 N–H and O–H groups in total. The maximum absolute atomic E-state index is 12.2. The Morgan fingerprint density at radius 1 is 0.931 bits per heavy atom. The summed E-state index contributed by atoms with van der Waals surface area (Å²) in [6, 6.07) is 7.74. The van der Waals surface area contributed by atoms with Gasteiger partial charge in [0.25, 0.3) is 10.1 Å². The number of hydrogen-bond acceptors (Lipinski definition) is 2. The van der Waals surface area contributed by atoms with Gasteiger partial charge in [-0.15, -0.1) is 0 Å². The number of rotatable bonds is 16. The highest BCUT2D eigenvalue weighted by Gasteiger charge is 2.31. The van der Waals surface area contributed by atoms with Crippen LogP contribution in [0.15, 0.2) is 30.8 Å². The molecule has 0 radical (unpaired) electrons. The van der Waals surface area contributed by atoms with E-state index in [0.29, 0.717) is 12.8 Å². The van der Waals surface area contributed by atoms with E-state index < -0.39 is 15.4 Å². The van der Waals surface area contributed by atoms with E-state index in [2.05, 4.69) is 27.4 Å². The maximum Gasteiger partial charge on any atom is 0.268 e. The van der Waals surface area contributed by atoms with Crippen molar-refractivity contribution >= 4 is 16.2 Å². The minimum atomic E-state index is -4.09. The molecule has 0 aromatic heterocycles. The number of hydrogen-bond donors (Lipinski definition) is 1. The fourth-order valence-corrected chi connectivity index (χ4v) is 4.78. The van der Waals surface area contributed by atoms with Crippen LogP contribution in [0.1, 0.15) is 76.8 Å². The molecule has 5 heteroatoms. The molecule has 4 nitrogen and oxygen atoms in total. The van der Waals surface area contributed by atoms with Gasteiger partial charge >= 0.3 is 0 Å². The molecular formula is C24H42NO3S+. The van der Waals surface area contributed by atoms with Crippen LogP contribution in [-0.4, -0.2) is 48.9 Å². The molecule has 1 atom stereocenters.